The maximum absolute atomic E-state index is 12.4. The highest BCUT2D eigenvalue weighted by Gasteiger charge is 2.20. The van der Waals surface area contributed by atoms with E-state index in [1.54, 1.807) is 12.1 Å². The molecule has 2 aromatic rings. The van der Waals surface area contributed by atoms with Crippen molar-refractivity contribution in [1.82, 2.24) is 0 Å². The maximum atomic E-state index is 12.4. The number of aryl methyl sites for hydroxylation is 1. The highest BCUT2D eigenvalue weighted by Crippen LogP contribution is 2.40. The molecule has 0 saturated carbocycles. The second kappa shape index (κ2) is 5.97. The van der Waals surface area contributed by atoms with Crippen molar-refractivity contribution in [1.29, 1.82) is 0 Å². The molecule has 0 saturated heterocycles. The lowest BCUT2D eigenvalue weighted by Crippen LogP contribution is -2.18. The fourth-order valence-electron chi connectivity index (χ4n) is 2.24. The average Bonchev–Trinajstić information content (AvgIpc) is 2.55. The molecule has 1 heterocycles. The minimum atomic E-state index is -0.223. The van der Waals surface area contributed by atoms with Crippen LogP contribution in [0.15, 0.2) is 36.4 Å². The number of carbonyl (C=O) groups is 1. The van der Waals surface area contributed by atoms with Gasteiger partial charge in [0.1, 0.15) is 13.2 Å². The minimum absolute atomic E-state index is 0.223. The summed E-state index contributed by atoms with van der Waals surface area (Å²) in [6, 6.07) is 10.9. The van der Waals surface area contributed by atoms with Gasteiger partial charge in [0.25, 0.3) is 5.91 Å². The molecule has 1 amide bonds. The number of amides is 1. The number of hydrogen-bond donors (Lipinski definition) is 1. The van der Waals surface area contributed by atoms with Gasteiger partial charge in [-0.15, -0.1) is 0 Å². The van der Waals surface area contributed by atoms with Crippen LogP contribution in [0.3, 0.4) is 0 Å². The molecule has 1 aliphatic heterocycles. The molecule has 0 fully saturated rings. The highest BCUT2D eigenvalue weighted by molar-refractivity contribution is 6.05. The summed E-state index contributed by atoms with van der Waals surface area (Å²) in [4.78, 5) is 12.4. The highest BCUT2D eigenvalue weighted by atomic mass is 16.6. The van der Waals surface area contributed by atoms with Gasteiger partial charge in [-0.2, -0.15) is 0 Å². The molecule has 3 rings (SSSR count). The fraction of sp³-hybridized carbons (Fsp3) is 0.235. The minimum Gasteiger partial charge on any atom is -0.493 e. The Balaban J connectivity index is 1.87. The van der Waals surface area contributed by atoms with E-state index in [-0.39, 0.29) is 5.91 Å². The molecular weight excluding hydrogens is 282 g/mol. The molecule has 0 radical (unpaired) electrons. The molecule has 1 N–H and O–H groups in total. The van der Waals surface area contributed by atoms with E-state index in [1.807, 2.05) is 31.2 Å². The first-order valence-corrected chi connectivity index (χ1v) is 7.03. The maximum Gasteiger partial charge on any atom is 0.255 e. The standard InChI is InChI=1S/C17H17NO4/c1-11-3-5-13(6-4-11)18-17(19)12-9-14(20-2)16-15(10-12)21-7-8-22-16/h3-6,9-10H,7-8H2,1-2H3,(H,18,19). The molecule has 2 aromatic carbocycles. The van der Waals surface area contributed by atoms with Gasteiger partial charge in [0.2, 0.25) is 5.75 Å². The Morgan fingerprint density at radius 1 is 1.14 bits per heavy atom. The van der Waals surface area contributed by atoms with Crippen LogP contribution in [0.25, 0.3) is 0 Å². The normalized spacial score (nSPS) is 12.6. The van der Waals surface area contributed by atoms with E-state index in [2.05, 4.69) is 5.32 Å². The van der Waals surface area contributed by atoms with Gasteiger partial charge in [-0.1, -0.05) is 17.7 Å². The van der Waals surface area contributed by atoms with E-state index in [1.165, 1.54) is 7.11 Å². The van der Waals surface area contributed by atoms with E-state index in [4.69, 9.17) is 14.2 Å². The van der Waals surface area contributed by atoms with Crippen LogP contribution >= 0.6 is 0 Å². The van der Waals surface area contributed by atoms with Gasteiger partial charge in [0.05, 0.1) is 7.11 Å². The molecule has 5 nitrogen and oxygen atoms in total. The number of carbonyl (C=O) groups excluding carboxylic acids is 1. The van der Waals surface area contributed by atoms with Crippen LogP contribution in [-0.2, 0) is 0 Å². The first kappa shape index (κ1) is 14.3. The van der Waals surface area contributed by atoms with Gasteiger partial charge in [-0.25, -0.2) is 0 Å². The Morgan fingerprint density at radius 2 is 1.86 bits per heavy atom. The Kier molecular flexibility index (Phi) is 3.87. The predicted octanol–water partition coefficient (Wildman–Crippen LogP) is 3.03. The zero-order chi connectivity index (χ0) is 15.5. The Morgan fingerprint density at radius 3 is 2.59 bits per heavy atom. The third kappa shape index (κ3) is 2.83. The quantitative estimate of drug-likeness (QED) is 0.946. The van der Waals surface area contributed by atoms with Gasteiger partial charge in [-0.3, -0.25) is 4.79 Å². The smallest absolute Gasteiger partial charge is 0.255 e. The van der Waals surface area contributed by atoms with Crippen LogP contribution < -0.4 is 19.5 Å². The molecule has 0 unspecified atom stereocenters. The molecule has 1 aliphatic rings. The van der Waals surface area contributed by atoms with E-state index in [0.29, 0.717) is 36.0 Å². The summed E-state index contributed by atoms with van der Waals surface area (Å²) in [6.07, 6.45) is 0. The van der Waals surface area contributed by atoms with Crippen molar-refractivity contribution < 1.29 is 19.0 Å². The third-order valence-corrected chi connectivity index (χ3v) is 3.40. The van der Waals surface area contributed by atoms with Crippen molar-refractivity contribution in [3.8, 4) is 17.2 Å². The first-order chi connectivity index (χ1) is 10.7. The van der Waals surface area contributed by atoms with Gasteiger partial charge in [0, 0.05) is 11.3 Å². The molecule has 114 valence electrons. The second-order valence-corrected chi connectivity index (χ2v) is 5.02. The summed E-state index contributed by atoms with van der Waals surface area (Å²) in [5.41, 5.74) is 2.34. The summed E-state index contributed by atoms with van der Waals surface area (Å²) in [6.45, 7) is 2.93. The van der Waals surface area contributed by atoms with Crippen molar-refractivity contribution in [2.45, 2.75) is 6.92 Å². The van der Waals surface area contributed by atoms with Gasteiger partial charge < -0.3 is 19.5 Å². The van der Waals surface area contributed by atoms with Crippen molar-refractivity contribution in [2.75, 3.05) is 25.6 Å². The average molecular weight is 299 g/mol. The summed E-state index contributed by atoms with van der Waals surface area (Å²) in [5.74, 6) is 1.34. The van der Waals surface area contributed by atoms with Crippen LogP contribution in [0.1, 0.15) is 15.9 Å². The number of hydrogen-bond acceptors (Lipinski definition) is 4. The second-order valence-electron chi connectivity index (χ2n) is 5.02. The third-order valence-electron chi connectivity index (χ3n) is 3.40. The van der Waals surface area contributed by atoms with Gasteiger partial charge in [-0.05, 0) is 31.2 Å². The number of nitrogens with one attached hydrogen (secondary N) is 1. The van der Waals surface area contributed by atoms with Crippen molar-refractivity contribution in [3.63, 3.8) is 0 Å². The summed E-state index contributed by atoms with van der Waals surface area (Å²) < 4.78 is 16.4. The zero-order valence-electron chi connectivity index (χ0n) is 12.5. The van der Waals surface area contributed by atoms with E-state index in [0.717, 1.165) is 11.3 Å². The first-order valence-electron chi connectivity index (χ1n) is 7.03. The topological polar surface area (TPSA) is 56.8 Å². The van der Waals surface area contributed by atoms with Crippen LogP contribution in [0.2, 0.25) is 0 Å². The zero-order valence-corrected chi connectivity index (χ0v) is 12.5. The number of benzene rings is 2. The van der Waals surface area contributed by atoms with Crippen molar-refractivity contribution in [3.05, 3.63) is 47.5 Å². The number of ether oxygens (including phenoxy) is 3. The summed E-state index contributed by atoms with van der Waals surface area (Å²) in [5, 5.41) is 2.85. The van der Waals surface area contributed by atoms with E-state index in [9.17, 15) is 4.79 Å². The summed E-state index contributed by atoms with van der Waals surface area (Å²) >= 11 is 0. The Labute approximate surface area is 128 Å². The molecule has 0 bridgehead atoms. The monoisotopic (exact) mass is 299 g/mol. The molecule has 0 aliphatic carbocycles. The number of anilines is 1. The van der Waals surface area contributed by atoms with Crippen LogP contribution in [0.5, 0.6) is 17.2 Å². The molecular formula is C17H17NO4. The fourth-order valence-corrected chi connectivity index (χ4v) is 2.24. The number of methoxy groups -OCH3 is 1. The molecule has 0 atom stereocenters. The van der Waals surface area contributed by atoms with Crippen molar-refractivity contribution >= 4 is 11.6 Å². The Hall–Kier alpha value is -2.69. The Bertz CT molecular complexity index is 677. The van der Waals surface area contributed by atoms with Crippen LogP contribution in [0, 0.1) is 6.92 Å². The number of rotatable bonds is 3. The predicted molar refractivity (Wildman–Crippen MR) is 83.1 cm³/mol. The number of fused-ring (bicyclic) bond motifs is 1. The lowest BCUT2D eigenvalue weighted by atomic mass is 10.1. The SMILES string of the molecule is COc1cc(C(=O)Nc2ccc(C)cc2)cc2c1OCCO2. The van der Waals surface area contributed by atoms with Crippen LogP contribution in [-0.4, -0.2) is 26.2 Å². The lowest BCUT2D eigenvalue weighted by molar-refractivity contribution is 0.102. The van der Waals surface area contributed by atoms with E-state index >= 15 is 0 Å². The molecule has 0 aromatic heterocycles. The lowest BCUT2D eigenvalue weighted by Gasteiger charge is -2.21. The largest absolute Gasteiger partial charge is 0.493 e. The van der Waals surface area contributed by atoms with Crippen molar-refractivity contribution in [2.24, 2.45) is 0 Å². The molecule has 5 heteroatoms. The van der Waals surface area contributed by atoms with Gasteiger partial charge in [0.15, 0.2) is 11.5 Å². The van der Waals surface area contributed by atoms with Gasteiger partial charge >= 0.3 is 0 Å². The summed E-state index contributed by atoms with van der Waals surface area (Å²) in [7, 11) is 1.54. The van der Waals surface area contributed by atoms with Crippen LogP contribution in [0.4, 0.5) is 5.69 Å². The van der Waals surface area contributed by atoms with E-state index < -0.39 is 0 Å². The molecule has 0 spiro atoms. The molecule has 22 heavy (non-hydrogen) atoms.